The largest absolute Gasteiger partial charge is 0.327 e. The van der Waals surface area contributed by atoms with Crippen LogP contribution in [0.5, 0.6) is 0 Å². The first-order chi connectivity index (χ1) is 6.52. The molecule has 2 N–H and O–H groups in total. The molecule has 14 heavy (non-hydrogen) atoms. The van der Waals surface area contributed by atoms with E-state index in [-0.39, 0.29) is 17.9 Å². The lowest BCUT2D eigenvalue weighted by Crippen LogP contribution is -2.31. The van der Waals surface area contributed by atoms with E-state index in [2.05, 4.69) is 4.99 Å². The Bertz CT molecular complexity index is 377. The number of rotatable bonds is 2. The minimum atomic E-state index is -0.225. The van der Waals surface area contributed by atoms with Crippen molar-refractivity contribution in [3.63, 3.8) is 0 Å². The monoisotopic (exact) mass is 213 g/mol. The van der Waals surface area contributed by atoms with Gasteiger partial charge in [-0.25, -0.2) is 0 Å². The van der Waals surface area contributed by atoms with Gasteiger partial charge in [-0.2, -0.15) is 4.99 Å². The summed E-state index contributed by atoms with van der Waals surface area (Å²) in [5, 5.41) is 1.89. The third-order valence-electron chi connectivity index (χ3n) is 2.14. The average Bonchev–Trinajstić information content (AvgIpc) is 2.50. The van der Waals surface area contributed by atoms with Gasteiger partial charge in [0.05, 0.1) is 5.92 Å². The van der Waals surface area contributed by atoms with E-state index in [1.165, 1.54) is 11.3 Å². The number of hydrogen-bond donors (Lipinski definition) is 1. The van der Waals surface area contributed by atoms with E-state index in [0.29, 0.717) is 4.80 Å². The van der Waals surface area contributed by atoms with Crippen LogP contribution in [0.15, 0.2) is 16.6 Å². The molecule has 1 rings (SSSR count). The second kappa shape index (κ2) is 4.52. The standard InChI is InChI=1S/C9H15N3OS/c1-6(7(2)10)8(13)11-9-12(3)4-5-14-9/h4-7H,10H2,1-3H3. The lowest BCUT2D eigenvalue weighted by Gasteiger charge is -2.09. The fourth-order valence-electron chi connectivity index (χ4n) is 0.856. The van der Waals surface area contributed by atoms with Gasteiger partial charge in [0.2, 0.25) is 0 Å². The van der Waals surface area contributed by atoms with Crippen LogP contribution >= 0.6 is 11.3 Å². The third-order valence-corrected chi connectivity index (χ3v) is 2.99. The molecule has 0 aliphatic heterocycles. The van der Waals surface area contributed by atoms with Crippen molar-refractivity contribution in [1.82, 2.24) is 4.57 Å². The Kier molecular flexibility index (Phi) is 3.60. The fourth-order valence-corrected chi connectivity index (χ4v) is 1.59. The molecule has 2 unspecified atom stereocenters. The number of amides is 1. The maximum absolute atomic E-state index is 11.6. The van der Waals surface area contributed by atoms with Crippen molar-refractivity contribution in [3.8, 4) is 0 Å². The molecule has 0 aliphatic rings. The summed E-state index contributed by atoms with van der Waals surface area (Å²) >= 11 is 1.44. The summed E-state index contributed by atoms with van der Waals surface area (Å²) in [6.07, 6.45) is 1.87. The normalized spacial score (nSPS) is 16.7. The molecule has 0 saturated heterocycles. The van der Waals surface area contributed by atoms with Crippen molar-refractivity contribution >= 4 is 17.2 Å². The molecule has 0 saturated carbocycles. The molecule has 0 spiro atoms. The second-order valence-electron chi connectivity index (χ2n) is 3.39. The molecule has 78 valence electrons. The Morgan fingerprint density at radius 1 is 1.64 bits per heavy atom. The minimum absolute atomic E-state index is 0.155. The average molecular weight is 213 g/mol. The van der Waals surface area contributed by atoms with Gasteiger partial charge in [0, 0.05) is 24.7 Å². The topological polar surface area (TPSA) is 60.4 Å². The van der Waals surface area contributed by atoms with Gasteiger partial charge in [-0.05, 0) is 6.92 Å². The van der Waals surface area contributed by atoms with E-state index in [1.54, 1.807) is 6.92 Å². The number of aryl methyl sites for hydroxylation is 1. The maximum atomic E-state index is 11.6. The molecule has 0 aromatic carbocycles. The minimum Gasteiger partial charge on any atom is -0.327 e. The van der Waals surface area contributed by atoms with Gasteiger partial charge >= 0.3 is 0 Å². The smallest absolute Gasteiger partial charge is 0.252 e. The third kappa shape index (κ3) is 2.52. The number of carbonyl (C=O) groups is 1. The number of nitrogens with zero attached hydrogens (tertiary/aromatic N) is 2. The van der Waals surface area contributed by atoms with Crippen LogP contribution in [-0.4, -0.2) is 16.5 Å². The Balaban J connectivity index is 2.89. The molecular formula is C9H15N3OS. The molecule has 0 bridgehead atoms. The number of thiazole rings is 1. The Labute approximate surface area is 87.1 Å². The van der Waals surface area contributed by atoms with Crippen LogP contribution in [0.4, 0.5) is 0 Å². The number of carbonyl (C=O) groups excluding carboxylic acids is 1. The van der Waals surface area contributed by atoms with Crippen LogP contribution in [0, 0.1) is 5.92 Å². The molecule has 1 aromatic rings. The van der Waals surface area contributed by atoms with Gasteiger partial charge in [0.15, 0.2) is 4.80 Å². The molecule has 0 radical (unpaired) electrons. The van der Waals surface area contributed by atoms with Crippen LogP contribution in [0.3, 0.4) is 0 Å². The second-order valence-corrected chi connectivity index (χ2v) is 4.27. The van der Waals surface area contributed by atoms with Gasteiger partial charge in [-0.3, -0.25) is 4.79 Å². The van der Waals surface area contributed by atoms with Crippen molar-refractivity contribution in [3.05, 3.63) is 16.4 Å². The molecule has 2 atom stereocenters. The highest BCUT2D eigenvalue weighted by molar-refractivity contribution is 7.07. The molecule has 1 aromatic heterocycles. The van der Waals surface area contributed by atoms with Crippen LogP contribution in [0.25, 0.3) is 0 Å². The molecule has 0 aliphatic carbocycles. The van der Waals surface area contributed by atoms with Crippen LogP contribution < -0.4 is 10.5 Å². The van der Waals surface area contributed by atoms with E-state index in [4.69, 9.17) is 5.73 Å². The van der Waals surface area contributed by atoms with Crippen molar-refractivity contribution in [2.75, 3.05) is 0 Å². The highest BCUT2D eigenvalue weighted by Gasteiger charge is 2.15. The SMILES string of the molecule is CC(N)C(C)C(=O)N=c1sccn1C. The highest BCUT2D eigenvalue weighted by atomic mass is 32.1. The van der Waals surface area contributed by atoms with E-state index in [1.807, 2.05) is 30.1 Å². The first kappa shape index (κ1) is 11.1. The number of nitrogens with two attached hydrogens (primary N) is 1. The Hall–Kier alpha value is -0.940. The van der Waals surface area contributed by atoms with Crippen molar-refractivity contribution < 1.29 is 4.79 Å². The predicted molar refractivity (Wildman–Crippen MR) is 56.7 cm³/mol. The summed E-state index contributed by atoms with van der Waals surface area (Å²) in [7, 11) is 1.86. The molecule has 0 fully saturated rings. The molecule has 1 heterocycles. The van der Waals surface area contributed by atoms with Gasteiger partial charge in [-0.1, -0.05) is 6.92 Å². The predicted octanol–water partition coefficient (Wildman–Crippen LogP) is 0.497. The quantitative estimate of drug-likeness (QED) is 0.777. The maximum Gasteiger partial charge on any atom is 0.252 e. The summed E-state index contributed by atoms with van der Waals surface area (Å²) in [5.41, 5.74) is 5.62. The van der Waals surface area contributed by atoms with Gasteiger partial charge < -0.3 is 10.3 Å². The first-order valence-electron chi connectivity index (χ1n) is 4.46. The molecular weight excluding hydrogens is 198 g/mol. The van der Waals surface area contributed by atoms with E-state index < -0.39 is 0 Å². The van der Waals surface area contributed by atoms with Crippen molar-refractivity contribution in [2.24, 2.45) is 23.7 Å². The van der Waals surface area contributed by atoms with Crippen LogP contribution in [0.1, 0.15) is 13.8 Å². The van der Waals surface area contributed by atoms with Crippen molar-refractivity contribution in [2.45, 2.75) is 19.9 Å². The number of hydrogen-bond acceptors (Lipinski definition) is 3. The number of aromatic nitrogens is 1. The summed E-state index contributed by atoms with van der Waals surface area (Å²) in [6.45, 7) is 3.61. The Morgan fingerprint density at radius 2 is 2.29 bits per heavy atom. The molecule has 5 heteroatoms. The zero-order valence-corrected chi connectivity index (χ0v) is 9.41. The molecule has 1 amide bonds. The van der Waals surface area contributed by atoms with Crippen LogP contribution in [0.2, 0.25) is 0 Å². The first-order valence-corrected chi connectivity index (χ1v) is 5.34. The zero-order valence-electron chi connectivity index (χ0n) is 8.60. The summed E-state index contributed by atoms with van der Waals surface area (Å²) in [6, 6.07) is -0.156. The van der Waals surface area contributed by atoms with Gasteiger partial charge in [0.1, 0.15) is 0 Å². The van der Waals surface area contributed by atoms with Crippen molar-refractivity contribution in [1.29, 1.82) is 0 Å². The fraction of sp³-hybridized carbons (Fsp3) is 0.556. The lowest BCUT2D eigenvalue weighted by molar-refractivity contribution is -0.121. The van der Waals surface area contributed by atoms with Gasteiger partial charge in [-0.15, -0.1) is 11.3 Å². The zero-order chi connectivity index (χ0) is 10.7. The molecule has 4 nitrogen and oxygen atoms in total. The summed E-state index contributed by atoms with van der Waals surface area (Å²) in [5.74, 6) is -0.379. The van der Waals surface area contributed by atoms with E-state index in [0.717, 1.165) is 0 Å². The van der Waals surface area contributed by atoms with E-state index >= 15 is 0 Å². The summed E-state index contributed by atoms with van der Waals surface area (Å²) in [4.78, 5) is 16.3. The summed E-state index contributed by atoms with van der Waals surface area (Å²) < 4.78 is 1.82. The van der Waals surface area contributed by atoms with Gasteiger partial charge in [0.25, 0.3) is 5.91 Å². The highest BCUT2D eigenvalue weighted by Crippen LogP contribution is 2.01. The van der Waals surface area contributed by atoms with Crippen LogP contribution in [-0.2, 0) is 11.8 Å². The lowest BCUT2D eigenvalue weighted by atomic mass is 10.0. The van der Waals surface area contributed by atoms with E-state index in [9.17, 15) is 4.79 Å². The Morgan fingerprint density at radius 3 is 2.71 bits per heavy atom.